The zero-order valence-electron chi connectivity index (χ0n) is 10.8. The molecule has 0 aliphatic rings. The number of carboxylic acids is 1. The van der Waals surface area contributed by atoms with E-state index in [-0.39, 0.29) is 16.5 Å². The average Bonchev–Trinajstić information content (AvgIpc) is 2.29. The summed E-state index contributed by atoms with van der Waals surface area (Å²) in [5.74, 6) is -1.29. The second kappa shape index (κ2) is 6.43. The third-order valence-corrected chi connectivity index (χ3v) is 2.90. The van der Waals surface area contributed by atoms with Gasteiger partial charge in [0, 0.05) is 5.56 Å². The highest BCUT2D eigenvalue weighted by Crippen LogP contribution is 2.24. The minimum absolute atomic E-state index is 0.234. The van der Waals surface area contributed by atoms with Crippen molar-refractivity contribution in [3.63, 3.8) is 0 Å². The quantitative estimate of drug-likeness (QED) is 0.747. The summed E-state index contributed by atoms with van der Waals surface area (Å²) in [6.45, 7) is 3.88. The van der Waals surface area contributed by atoms with Crippen LogP contribution in [0.4, 0.5) is 5.69 Å². The van der Waals surface area contributed by atoms with Gasteiger partial charge in [0.15, 0.2) is 0 Å². The van der Waals surface area contributed by atoms with Crippen LogP contribution in [0.3, 0.4) is 0 Å². The van der Waals surface area contributed by atoms with E-state index in [0.717, 1.165) is 0 Å². The van der Waals surface area contributed by atoms with Gasteiger partial charge in [0.2, 0.25) is 5.91 Å². The maximum atomic E-state index is 11.1. The molecule has 1 amide bonds. The lowest BCUT2D eigenvalue weighted by Crippen LogP contribution is -2.30. The summed E-state index contributed by atoms with van der Waals surface area (Å²) in [5.41, 5.74) is 5.89. The molecule has 1 unspecified atom stereocenters. The molecule has 1 rings (SSSR count). The third-order valence-electron chi connectivity index (χ3n) is 2.59. The Kier molecular flexibility index (Phi) is 5.18. The van der Waals surface area contributed by atoms with Crippen molar-refractivity contribution in [1.29, 1.82) is 0 Å². The Hall–Kier alpha value is -1.75. The van der Waals surface area contributed by atoms with Gasteiger partial charge in [-0.15, -0.1) is 0 Å². The van der Waals surface area contributed by atoms with Crippen LogP contribution in [-0.4, -0.2) is 23.0 Å². The van der Waals surface area contributed by atoms with Crippen LogP contribution in [0.15, 0.2) is 18.2 Å². The average molecular weight is 285 g/mol. The van der Waals surface area contributed by atoms with Gasteiger partial charge in [-0.1, -0.05) is 25.4 Å². The number of benzene rings is 1. The summed E-state index contributed by atoms with van der Waals surface area (Å²) in [5, 5.41) is 12.3. The van der Waals surface area contributed by atoms with Gasteiger partial charge in [-0.25, -0.2) is 4.79 Å². The Bertz CT molecular complexity index is 489. The first-order valence-electron chi connectivity index (χ1n) is 5.90. The Morgan fingerprint density at radius 2 is 2.05 bits per heavy atom. The second-order valence-electron chi connectivity index (χ2n) is 4.72. The maximum absolute atomic E-state index is 11.1. The van der Waals surface area contributed by atoms with Crippen LogP contribution in [0.1, 0.15) is 30.6 Å². The number of carboxylic acid groups (broad SMARTS) is 1. The molecule has 1 aromatic carbocycles. The van der Waals surface area contributed by atoms with E-state index in [4.69, 9.17) is 22.4 Å². The summed E-state index contributed by atoms with van der Waals surface area (Å²) < 4.78 is 0. The molecule has 0 aromatic heterocycles. The Morgan fingerprint density at radius 3 is 2.47 bits per heavy atom. The largest absolute Gasteiger partial charge is 0.480 e. The molecule has 0 aliphatic heterocycles. The predicted octanol–water partition coefficient (Wildman–Crippen LogP) is 2.35. The topological polar surface area (TPSA) is 92.4 Å². The van der Waals surface area contributed by atoms with Crippen molar-refractivity contribution in [2.24, 2.45) is 11.7 Å². The second-order valence-corrected chi connectivity index (χ2v) is 5.13. The fraction of sp³-hybridized carbons (Fsp3) is 0.385. The van der Waals surface area contributed by atoms with Crippen molar-refractivity contribution in [3.05, 3.63) is 28.8 Å². The summed E-state index contributed by atoms with van der Waals surface area (Å²) in [7, 11) is 0. The molecule has 0 bridgehead atoms. The fourth-order valence-electron chi connectivity index (χ4n) is 1.67. The molecule has 0 spiro atoms. The summed E-state index contributed by atoms with van der Waals surface area (Å²) in [6, 6.07) is 3.75. The van der Waals surface area contributed by atoms with Crippen LogP contribution >= 0.6 is 11.6 Å². The monoisotopic (exact) mass is 284 g/mol. The molecule has 0 saturated heterocycles. The number of nitrogens with one attached hydrogen (secondary N) is 1. The van der Waals surface area contributed by atoms with Gasteiger partial charge in [-0.2, -0.15) is 0 Å². The van der Waals surface area contributed by atoms with Crippen molar-refractivity contribution in [2.75, 3.05) is 5.32 Å². The van der Waals surface area contributed by atoms with Gasteiger partial charge < -0.3 is 16.2 Å². The summed E-state index contributed by atoms with van der Waals surface area (Å²) in [6.07, 6.45) is 0.475. The summed E-state index contributed by atoms with van der Waals surface area (Å²) in [4.78, 5) is 22.1. The van der Waals surface area contributed by atoms with Crippen molar-refractivity contribution in [1.82, 2.24) is 0 Å². The number of hydrogen-bond donors (Lipinski definition) is 3. The van der Waals surface area contributed by atoms with E-state index in [1.807, 2.05) is 13.8 Å². The molecule has 0 radical (unpaired) electrons. The first kappa shape index (κ1) is 15.3. The van der Waals surface area contributed by atoms with Crippen LogP contribution in [0.2, 0.25) is 5.02 Å². The molecule has 0 heterocycles. The highest BCUT2D eigenvalue weighted by molar-refractivity contribution is 6.33. The number of primary amides is 1. The fourth-order valence-corrected chi connectivity index (χ4v) is 1.90. The normalized spacial score (nSPS) is 12.2. The Labute approximate surface area is 116 Å². The van der Waals surface area contributed by atoms with Gasteiger partial charge in [0.05, 0.1) is 10.7 Å². The first-order valence-corrected chi connectivity index (χ1v) is 6.27. The number of hydrogen-bond acceptors (Lipinski definition) is 3. The van der Waals surface area contributed by atoms with Crippen molar-refractivity contribution >= 4 is 29.2 Å². The number of nitrogens with two attached hydrogens (primary N) is 1. The molecule has 0 saturated carbocycles. The highest BCUT2D eigenvalue weighted by Gasteiger charge is 2.19. The third kappa shape index (κ3) is 4.44. The van der Waals surface area contributed by atoms with Gasteiger partial charge in [-0.05, 0) is 30.5 Å². The van der Waals surface area contributed by atoms with Crippen molar-refractivity contribution < 1.29 is 14.7 Å². The van der Waals surface area contributed by atoms with E-state index in [1.54, 1.807) is 6.07 Å². The standard InChI is InChI=1S/C13H17ClN2O3/c1-7(2)5-11(13(18)19)16-10-4-3-8(12(15)17)6-9(10)14/h3-4,6-7,11,16H,5H2,1-2H3,(H2,15,17)(H,18,19). The number of carbonyl (C=O) groups excluding carboxylic acids is 1. The number of rotatable bonds is 6. The molecular weight excluding hydrogens is 268 g/mol. The SMILES string of the molecule is CC(C)CC(Nc1ccc(C(N)=O)cc1Cl)C(=O)O. The van der Waals surface area contributed by atoms with Crippen LogP contribution in [-0.2, 0) is 4.79 Å². The predicted molar refractivity (Wildman–Crippen MR) is 74.5 cm³/mol. The van der Waals surface area contributed by atoms with E-state index >= 15 is 0 Å². The first-order chi connectivity index (χ1) is 8.81. The number of amides is 1. The maximum Gasteiger partial charge on any atom is 0.326 e. The smallest absolute Gasteiger partial charge is 0.326 e. The van der Waals surface area contributed by atoms with Crippen LogP contribution in [0, 0.1) is 5.92 Å². The molecule has 5 nitrogen and oxygen atoms in total. The summed E-state index contributed by atoms with van der Waals surface area (Å²) >= 11 is 6.00. The molecule has 104 valence electrons. The van der Waals surface area contributed by atoms with Crippen molar-refractivity contribution in [2.45, 2.75) is 26.3 Å². The zero-order valence-corrected chi connectivity index (χ0v) is 11.6. The van der Waals surface area contributed by atoms with Gasteiger partial charge in [-0.3, -0.25) is 4.79 Å². The minimum atomic E-state index is -0.941. The van der Waals surface area contributed by atoms with E-state index in [1.165, 1.54) is 12.1 Å². The zero-order chi connectivity index (χ0) is 14.6. The van der Waals surface area contributed by atoms with Crippen LogP contribution in [0.25, 0.3) is 0 Å². The van der Waals surface area contributed by atoms with E-state index in [2.05, 4.69) is 5.32 Å². The lowest BCUT2D eigenvalue weighted by molar-refractivity contribution is -0.138. The Balaban J connectivity index is 2.91. The molecule has 0 fully saturated rings. The molecule has 4 N–H and O–H groups in total. The molecule has 1 atom stereocenters. The number of carbonyl (C=O) groups is 2. The van der Waals surface area contributed by atoms with Crippen molar-refractivity contribution in [3.8, 4) is 0 Å². The molecular formula is C13H17ClN2O3. The number of aliphatic carboxylic acids is 1. The van der Waals surface area contributed by atoms with Crippen LogP contribution in [0.5, 0.6) is 0 Å². The van der Waals surface area contributed by atoms with Crippen LogP contribution < -0.4 is 11.1 Å². The molecule has 19 heavy (non-hydrogen) atoms. The lowest BCUT2D eigenvalue weighted by atomic mass is 10.0. The van der Waals surface area contributed by atoms with Gasteiger partial charge in [0.1, 0.15) is 6.04 Å². The van der Waals surface area contributed by atoms with E-state index < -0.39 is 17.9 Å². The Morgan fingerprint density at radius 1 is 1.42 bits per heavy atom. The van der Waals surface area contributed by atoms with E-state index in [9.17, 15) is 9.59 Å². The number of halogens is 1. The minimum Gasteiger partial charge on any atom is -0.480 e. The number of anilines is 1. The van der Waals surface area contributed by atoms with E-state index in [0.29, 0.717) is 12.1 Å². The molecule has 1 aromatic rings. The molecule has 6 heteroatoms. The highest BCUT2D eigenvalue weighted by atomic mass is 35.5. The van der Waals surface area contributed by atoms with Gasteiger partial charge >= 0.3 is 5.97 Å². The molecule has 0 aliphatic carbocycles. The van der Waals surface area contributed by atoms with Gasteiger partial charge in [0.25, 0.3) is 0 Å². The lowest BCUT2D eigenvalue weighted by Gasteiger charge is -2.18.